The topological polar surface area (TPSA) is 29.9 Å². The van der Waals surface area contributed by atoms with Crippen LogP contribution in [0.25, 0.3) is 0 Å². The third kappa shape index (κ3) is 2.33. The largest absolute Gasteiger partial charge is 0.331 e. The van der Waals surface area contributed by atoms with Crippen LogP contribution >= 0.6 is 0 Å². The van der Waals surface area contributed by atoms with Gasteiger partial charge in [-0.25, -0.2) is 4.98 Å². The minimum atomic E-state index is 0.496. The van der Waals surface area contributed by atoms with Crippen molar-refractivity contribution in [3.8, 4) is 0 Å². The second-order valence-corrected chi connectivity index (χ2v) is 6.30. The summed E-state index contributed by atoms with van der Waals surface area (Å²) in [4.78, 5) is 4.56. The Morgan fingerprint density at radius 1 is 1.39 bits per heavy atom. The molecule has 1 saturated carbocycles. The highest BCUT2D eigenvalue weighted by Gasteiger charge is 2.26. The Bertz CT molecular complexity index is 410. The highest BCUT2D eigenvalue weighted by Crippen LogP contribution is 2.30. The number of imidazole rings is 1. The fraction of sp³-hybridized carbons (Fsp3) is 0.800. The quantitative estimate of drug-likeness (QED) is 0.889. The molecule has 3 unspecified atom stereocenters. The second-order valence-electron chi connectivity index (χ2n) is 6.30. The zero-order valence-corrected chi connectivity index (χ0v) is 11.7. The van der Waals surface area contributed by atoms with E-state index in [0.29, 0.717) is 6.04 Å². The first-order valence-corrected chi connectivity index (χ1v) is 7.49. The first kappa shape index (κ1) is 12.2. The number of fused-ring (bicyclic) bond motifs is 1. The lowest BCUT2D eigenvalue weighted by molar-refractivity contribution is 0.266. The monoisotopic (exact) mass is 247 g/mol. The fourth-order valence-corrected chi connectivity index (χ4v) is 3.68. The zero-order chi connectivity index (χ0) is 12.5. The van der Waals surface area contributed by atoms with Crippen LogP contribution in [0.3, 0.4) is 0 Å². The maximum atomic E-state index is 4.56. The van der Waals surface area contributed by atoms with Gasteiger partial charge in [-0.1, -0.05) is 19.8 Å². The minimum absolute atomic E-state index is 0.496. The molecular formula is C15H25N3. The lowest BCUT2D eigenvalue weighted by Gasteiger charge is -2.27. The molecule has 3 nitrogen and oxygen atoms in total. The summed E-state index contributed by atoms with van der Waals surface area (Å²) in [7, 11) is 0. The van der Waals surface area contributed by atoms with Gasteiger partial charge in [-0.2, -0.15) is 0 Å². The van der Waals surface area contributed by atoms with Gasteiger partial charge in [0.15, 0.2) is 0 Å². The van der Waals surface area contributed by atoms with Crippen molar-refractivity contribution in [2.45, 2.75) is 58.5 Å². The van der Waals surface area contributed by atoms with Crippen LogP contribution in [0.1, 0.15) is 56.6 Å². The normalized spacial score (nSPS) is 31.6. The Morgan fingerprint density at radius 2 is 2.28 bits per heavy atom. The van der Waals surface area contributed by atoms with Gasteiger partial charge >= 0.3 is 0 Å². The Hall–Kier alpha value is -0.830. The molecule has 0 aromatic carbocycles. The number of nitrogens with zero attached hydrogens (tertiary/aromatic N) is 2. The predicted molar refractivity (Wildman–Crippen MR) is 73.4 cm³/mol. The van der Waals surface area contributed by atoms with E-state index < -0.39 is 0 Å². The third-order valence-electron chi connectivity index (χ3n) is 4.74. The van der Waals surface area contributed by atoms with E-state index >= 15 is 0 Å². The van der Waals surface area contributed by atoms with Gasteiger partial charge in [-0.05, 0) is 44.6 Å². The highest BCUT2D eigenvalue weighted by molar-refractivity contribution is 5.11. The maximum absolute atomic E-state index is 4.56. The number of nitrogens with one attached hydrogen (secondary N) is 1. The van der Waals surface area contributed by atoms with E-state index in [-0.39, 0.29) is 0 Å². The van der Waals surface area contributed by atoms with Gasteiger partial charge in [0.05, 0.1) is 6.04 Å². The van der Waals surface area contributed by atoms with E-state index in [1.54, 1.807) is 0 Å². The molecule has 1 N–H and O–H groups in total. The van der Waals surface area contributed by atoms with Gasteiger partial charge in [0.2, 0.25) is 0 Å². The van der Waals surface area contributed by atoms with Gasteiger partial charge in [0.1, 0.15) is 5.82 Å². The summed E-state index contributed by atoms with van der Waals surface area (Å²) in [6, 6.07) is 0.496. The zero-order valence-electron chi connectivity index (χ0n) is 11.7. The summed E-state index contributed by atoms with van der Waals surface area (Å²) >= 11 is 0. The Labute approximate surface area is 110 Å². The summed E-state index contributed by atoms with van der Waals surface area (Å²) in [6.45, 7) is 6.88. The molecule has 1 aliphatic heterocycles. The molecule has 1 aliphatic carbocycles. The number of rotatable bonds is 3. The molecule has 1 aromatic rings. The van der Waals surface area contributed by atoms with Crippen LogP contribution in [-0.2, 0) is 6.54 Å². The summed E-state index contributed by atoms with van der Waals surface area (Å²) in [5.41, 5.74) is 1.31. The molecule has 18 heavy (non-hydrogen) atoms. The van der Waals surface area contributed by atoms with E-state index in [1.165, 1.54) is 50.2 Å². The third-order valence-corrected chi connectivity index (χ3v) is 4.74. The van der Waals surface area contributed by atoms with Crippen LogP contribution in [0.15, 0.2) is 6.20 Å². The Morgan fingerprint density at radius 3 is 3.11 bits per heavy atom. The van der Waals surface area contributed by atoms with Gasteiger partial charge in [-0.3, -0.25) is 0 Å². The van der Waals surface area contributed by atoms with Gasteiger partial charge in [0, 0.05) is 18.4 Å². The number of hydrogen-bond acceptors (Lipinski definition) is 2. The molecule has 100 valence electrons. The first-order chi connectivity index (χ1) is 8.74. The number of aromatic nitrogens is 2. The van der Waals surface area contributed by atoms with Crippen molar-refractivity contribution in [1.82, 2.24) is 14.9 Å². The van der Waals surface area contributed by atoms with Gasteiger partial charge < -0.3 is 9.88 Å². The minimum Gasteiger partial charge on any atom is -0.331 e. The lowest BCUT2D eigenvalue weighted by Crippen LogP contribution is -2.29. The molecule has 3 atom stereocenters. The molecule has 0 saturated heterocycles. The van der Waals surface area contributed by atoms with Crippen molar-refractivity contribution >= 4 is 0 Å². The summed E-state index contributed by atoms with van der Waals surface area (Å²) in [6.07, 6.45) is 8.90. The molecule has 2 heterocycles. The van der Waals surface area contributed by atoms with Crippen LogP contribution < -0.4 is 5.32 Å². The van der Waals surface area contributed by atoms with Gasteiger partial charge in [0.25, 0.3) is 0 Å². The predicted octanol–water partition coefficient (Wildman–Crippen LogP) is 3.05. The second kappa shape index (κ2) is 5.04. The fourth-order valence-electron chi connectivity index (χ4n) is 3.68. The summed E-state index contributed by atoms with van der Waals surface area (Å²) in [5.74, 6) is 3.08. The van der Waals surface area contributed by atoms with Crippen molar-refractivity contribution in [3.63, 3.8) is 0 Å². The first-order valence-electron chi connectivity index (χ1n) is 7.49. The molecular weight excluding hydrogens is 222 g/mol. The SMILES string of the molecule is Cc1cnc2n1CCC2NCC1CCCC(C)C1. The average Bonchev–Trinajstić information content (AvgIpc) is 2.91. The van der Waals surface area contributed by atoms with Crippen LogP contribution in [0.2, 0.25) is 0 Å². The molecule has 0 spiro atoms. The standard InChI is InChI=1S/C15H25N3/c1-11-4-3-5-13(8-11)10-16-14-6-7-18-12(2)9-17-15(14)18/h9,11,13-14,16H,3-8,10H2,1-2H3. The Balaban J connectivity index is 1.55. The average molecular weight is 247 g/mol. The van der Waals surface area contributed by atoms with Crippen LogP contribution in [-0.4, -0.2) is 16.1 Å². The van der Waals surface area contributed by atoms with E-state index in [2.05, 4.69) is 28.7 Å². The number of hydrogen-bond donors (Lipinski definition) is 1. The van der Waals surface area contributed by atoms with Crippen molar-refractivity contribution < 1.29 is 0 Å². The van der Waals surface area contributed by atoms with Crippen molar-refractivity contribution in [1.29, 1.82) is 0 Å². The van der Waals surface area contributed by atoms with E-state index in [0.717, 1.165) is 18.4 Å². The number of aryl methyl sites for hydroxylation is 1. The Kier molecular flexibility index (Phi) is 3.42. The molecule has 0 amide bonds. The van der Waals surface area contributed by atoms with Crippen LogP contribution in [0.5, 0.6) is 0 Å². The summed E-state index contributed by atoms with van der Waals surface area (Å²) in [5, 5.41) is 3.76. The lowest BCUT2D eigenvalue weighted by atomic mass is 9.82. The van der Waals surface area contributed by atoms with E-state index in [9.17, 15) is 0 Å². The molecule has 0 radical (unpaired) electrons. The van der Waals surface area contributed by atoms with E-state index in [1.807, 2.05) is 6.20 Å². The van der Waals surface area contributed by atoms with Gasteiger partial charge in [-0.15, -0.1) is 0 Å². The van der Waals surface area contributed by atoms with Crippen molar-refractivity contribution in [3.05, 3.63) is 17.7 Å². The van der Waals surface area contributed by atoms with Crippen LogP contribution in [0.4, 0.5) is 0 Å². The molecule has 3 rings (SSSR count). The molecule has 0 bridgehead atoms. The molecule has 1 fully saturated rings. The summed E-state index contributed by atoms with van der Waals surface area (Å²) < 4.78 is 2.36. The van der Waals surface area contributed by atoms with E-state index in [4.69, 9.17) is 0 Å². The van der Waals surface area contributed by atoms with Crippen molar-refractivity contribution in [2.24, 2.45) is 11.8 Å². The molecule has 3 heteroatoms. The van der Waals surface area contributed by atoms with Crippen molar-refractivity contribution in [2.75, 3.05) is 6.54 Å². The highest BCUT2D eigenvalue weighted by atomic mass is 15.2. The molecule has 2 aliphatic rings. The molecule has 1 aromatic heterocycles. The van der Waals surface area contributed by atoms with Crippen LogP contribution in [0, 0.1) is 18.8 Å². The maximum Gasteiger partial charge on any atom is 0.126 e. The smallest absolute Gasteiger partial charge is 0.126 e.